The van der Waals surface area contributed by atoms with Gasteiger partial charge in [-0.3, -0.25) is 9.79 Å². The molecule has 0 spiro atoms. The maximum Gasteiger partial charge on any atom is 0.410 e. The Labute approximate surface area is 231 Å². The molecule has 0 radical (unpaired) electrons. The Hall–Kier alpha value is -4.33. The fourth-order valence-corrected chi connectivity index (χ4v) is 3.19. The number of carbonyl (C=O) groups excluding carboxylic acids is 2. The standard InChI is InChI=1S/C28H40N8O3/c1-7-14-32-25-21(18-33-26(35-25)34-22-13-12-20(17-30-5)23(29)16-22)11-9-8-10-15-31-24(37)19-36(6)27(38)39-28(2,3)4/h12-13,16-18H,7-8,10,14-15,19,29H2,1-6H3,(H,31,37)(H2,32,33,34,35). The van der Waals surface area contributed by atoms with Crippen molar-refractivity contribution < 1.29 is 14.3 Å². The number of anilines is 4. The van der Waals surface area contributed by atoms with E-state index >= 15 is 0 Å². The quantitative estimate of drug-likeness (QED) is 0.147. The summed E-state index contributed by atoms with van der Waals surface area (Å²) in [6, 6.07) is 5.57. The van der Waals surface area contributed by atoms with Gasteiger partial charge in [0.25, 0.3) is 0 Å². The van der Waals surface area contributed by atoms with Gasteiger partial charge in [0.1, 0.15) is 18.0 Å². The molecule has 2 rings (SSSR count). The molecule has 5 N–H and O–H groups in total. The van der Waals surface area contributed by atoms with Gasteiger partial charge >= 0.3 is 6.09 Å². The third-order valence-electron chi connectivity index (χ3n) is 5.05. The molecular weight excluding hydrogens is 496 g/mol. The lowest BCUT2D eigenvalue weighted by atomic mass is 10.2. The summed E-state index contributed by atoms with van der Waals surface area (Å²) in [6.07, 6.45) is 5.00. The van der Waals surface area contributed by atoms with E-state index in [1.807, 2.05) is 18.2 Å². The van der Waals surface area contributed by atoms with Gasteiger partial charge in [-0.2, -0.15) is 4.98 Å². The molecule has 0 atom stereocenters. The normalized spacial score (nSPS) is 10.9. The Morgan fingerprint density at radius 3 is 2.69 bits per heavy atom. The second-order valence-corrected chi connectivity index (χ2v) is 9.83. The van der Waals surface area contributed by atoms with Gasteiger partial charge in [0.05, 0.1) is 11.8 Å². The minimum Gasteiger partial charge on any atom is -0.444 e. The van der Waals surface area contributed by atoms with E-state index in [1.54, 1.807) is 40.2 Å². The largest absolute Gasteiger partial charge is 0.444 e. The zero-order chi connectivity index (χ0) is 28.8. The first-order valence-electron chi connectivity index (χ1n) is 12.9. The molecular formula is C28H40N8O3. The number of hydrogen-bond donors (Lipinski definition) is 4. The number of likely N-dealkylation sites (N-methyl/N-ethyl adjacent to an activating group) is 1. The smallest absolute Gasteiger partial charge is 0.410 e. The Bertz CT molecular complexity index is 1210. The number of rotatable bonds is 11. The molecule has 0 bridgehead atoms. The van der Waals surface area contributed by atoms with Crippen molar-refractivity contribution in [2.45, 2.75) is 52.6 Å². The molecule has 2 aromatic rings. The van der Waals surface area contributed by atoms with Crippen LogP contribution in [0.15, 0.2) is 29.4 Å². The molecule has 11 heteroatoms. The molecule has 1 heterocycles. The number of ether oxygens (including phenoxy) is 1. The van der Waals surface area contributed by atoms with Crippen molar-refractivity contribution in [2.24, 2.45) is 4.99 Å². The molecule has 1 aromatic heterocycles. The van der Waals surface area contributed by atoms with Crippen LogP contribution in [-0.2, 0) is 9.53 Å². The highest BCUT2D eigenvalue weighted by molar-refractivity contribution is 5.88. The van der Waals surface area contributed by atoms with Gasteiger partial charge in [-0.1, -0.05) is 18.8 Å². The van der Waals surface area contributed by atoms with E-state index in [0.717, 1.165) is 24.2 Å². The number of nitrogens with one attached hydrogen (secondary N) is 3. The van der Waals surface area contributed by atoms with E-state index in [1.165, 1.54) is 11.9 Å². The van der Waals surface area contributed by atoms with E-state index in [9.17, 15) is 9.59 Å². The van der Waals surface area contributed by atoms with Crippen LogP contribution in [-0.4, -0.2) is 72.4 Å². The lowest BCUT2D eigenvalue weighted by Crippen LogP contribution is -2.41. The van der Waals surface area contributed by atoms with E-state index < -0.39 is 11.7 Å². The summed E-state index contributed by atoms with van der Waals surface area (Å²) in [5.41, 5.74) is 8.37. The highest BCUT2D eigenvalue weighted by atomic mass is 16.6. The summed E-state index contributed by atoms with van der Waals surface area (Å²) in [5.74, 6) is 7.05. The van der Waals surface area contributed by atoms with E-state index in [2.05, 4.69) is 49.7 Å². The minimum absolute atomic E-state index is 0.0749. The second-order valence-electron chi connectivity index (χ2n) is 9.83. The predicted octanol–water partition coefficient (Wildman–Crippen LogP) is 3.79. The summed E-state index contributed by atoms with van der Waals surface area (Å²) in [5, 5.41) is 9.27. The Morgan fingerprint density at radius 2 is 2.03 bits per heavy atom. The van der Waals surface area contributed by atoms with Crippen molar-refractivity contribution in [1.29, 1.82) is 0 Å². The van der Waals surface area contributed by atoms with Gasteiger partial charge in [-0.05, 0) is 51.8 Å². The van der Waals surface area contributed by atoms with Crippen molar-refractivity contribution in [3.05, 3.63) is 35.5 Å². The summed E-state index contributed by atoms with van der Waals surface area (Å²) in [4.78, 5) is 38.3. The molecule has 0 saturated carbocycles. The van der Waals surface area contributed by atoms with Crippen LogP contribution in [0, 0.1) is 11.8 Å². The van der Waals surface area contributed by atoms with E-state index in [-0.39, 0.29) is 12.5 Å². The van der Waals surface area contributed by atoms with Crippen molar-refractivity contribution >= 4 is 41.4 Å². The summed E-state index contributed by atoms with van der Waals surface area (Å²) in [6.45, 7) is 8.52. The van der Waals surface area contributed by atoms with Crippen LogP contribution in [0.1, 0.15) is 58.1 Å². The number of nitrogens with zero attached hydrogens (tertiary/aromatic N) is 4. The van der Waals surface area contributed by atoms with Crippen LogP contribution in [0.2, 0.25) is 0 Å². The fraction of sp³-hybridized carbons (Fsp3) is 0.464. The number of amides is 2. The first-order chi connectivity index (χ1) is 18.5. The lowest BCUT2D eigenvalue weighted by Gasteiger charge is -2.24. The number of nitrogens with two attached hydrogens (primary N) is 1. The Balaban J connectivity index is 1.91. The highest BCUT2D eigenvalue weighted by Gasteiger charge is 2.20. The average Bonchev–Trinajstić information content (AvgIpc) is 2.86. The van der Waals surface area contributed by atoms with Crippen LogP contribution in [0.5, 0.6) is 0 Å². The fourth-order valence-electron chi connectivity index (χ4n) is 3.19. The average molecular weight is 537 g/mol. The number of hydrogen-bond acceptors (Lipinski definition) is 9. The van der Waals surface area contributed by atoms with Crippen LogP contribution >= 0.6 is 0 Å². The first kappa shape index (κ1) is 30.9. The van der Waals surface area contributed by atoms with Crippen molar-refractivity contribution in [2.75, 3.05) is 50.1 Å². The van der Waals surface area contributed by atoms with Gasteiger partial charge in [-0.25, -0.2) is 9.78 Å². The topological polar surface area (TPSA) is 147 Å². The zero-order valence-electron chi connectivity index (χ0n) is 23.7. The van der Waals surface area contributed by atoms with Crippen molar-refractivity contribution in [3.8, 4) is 11.8 Å². The van der Waals surface area contributed by atoms with Gasteiger partial charge in [0, 0.05) is 56.8 Å². The molecule has 2 amide bonds. The van der Waals surface area contributed by atoms with Crippen molar-refractivity contribution in [1.82, 2.24) is 20.2 Å². The third kappa shape index (κ3) is 11.3. The Kier molecular flexibility index (Phi) is 12.0. The molecule has 0 fully saturated rings. The van der Waals surface area contributed by atoms with Gasteiger partial charge < -0.3 is 31.3 Å². The van der Waals surface area contributed by atoms with Gasteiger partial charge in [0.15, 0.2) is 0 Å². The van der Waals surface area contributed by atoms with E-state index in [0.29, 0.717) is 42.4 Å². The maximum absolute atomic E-state index is 12.1. The zero-order valence-corrected chi connectivity index (χ0v) is 23.7. The summed E-state index contributed by atoms with van der Waals surface area (Å²) in [7, 11) is 3.22. The molecule has 210 valence electrons. The molecule has 0 unspecified atom stereocenters. The molecule has 11 nitrogen and oxygen atoms in total. The van der Waals surface area contributed by atoms with E-state index in [4.69, 9.17) is 10.5 Å². The molecule has 1 aromatic carbocycles. The number of aliphatic imine (C=N–C) groups is 1. The summed E-state index contributed by atoms with van der Waals surface area (Å²) >= 11 is 0. The van der Waals surface area contributed by atoms with Crippen LogP contribution in [0.4, 0.5) is 27.9 Å². The van der Waals surface area contributed by atoms with Crippen LogP contribution in [0.25, 0.3) is 0 Å². The SMILES string of the molecule is CCCNc1nc(Nc2ccc(C=NC)c(N)c2)ncc1C#CCCCNC(=O)CN(C)C(=O)OC(C)(C)C. The van der Waals surface area contributed by atoms with Crippen LogP contribution < -0.4 is 21.7 Å². The lowest BCUT2D eigenvalue weighted by molar-refractivity contribution is -0.122. The molecule has 0 aliphatic rings. The highest BCUT2D eigenvalue weighted by Crippen LogP contribution is 2.21. The monoisotopic (exact) mass is 536 g/mol. The number of aromatic nitrogens is 2. The Morgan fingerprint density at radius 1 is 1.26 bits per heavy atom. The second kappa shape index (κ2) is 15.2. The molecule has 39 heavy (non-hydrogen) atoms. The minimum atomic E-state index is -0.612. The first-order valence-corrected chi connectivity index (χ1v) is 12.9. The van der Waals surface area contributed by atoms with Gasteiger partial charge in [0.2, 0.25) is 11.9 Å². The number of benzene rings is 1. The van der Waals surface area contributed by atoms with Crippen molar-refractivity contribution in [3.63, 3.8) is 0 Å². The number of nitrogen functional groups attached to an aromatic ring is 1. The molecule has 0 saturated heterocycles. The third-order valence-corrected chi connectivity index (χ3v) is 5.05. The molecule has 0 aliphatic carbocycles. The van der Waals surface area contributed by atoms with Gasteiger partial charge in [-0.15, -0.1) is 0 Å². The number of unbranched alkanes of at least 4 members (excludes halogenated alkanes) is 1. The van der Waals surface area contributed by atoms with Crippen LogP contribution in [0.3, 0.4) is 0 Å². The maximum atomic E-state index is 12.1. The predicted molar refractivity (Wildman–Crippen MR) is 156 cm³/mol. The number of carbonyl (C=O) groups is 2. The summed E-state index contributed by atoms with van der Waals surface area (Å²) < 4.78 is 5.25. The molecule has 0 aliphatic heterocycles.